The van der Waals surface area contributed by atoms with E-state index >= 15 is 0 Å². The van der Waals surface area contributed by atoms with Gasteiger partial charge in [0.15, 0.2) is 18.1 Å². The minimum absolute atomic E-state index is 0.0294. The Morgan fingerprint density at radius 1 is 1.41 bits per heavy atom. The predicted octanol–water partition coefficient (Wildman–Crippen LogP) is 3.27. The second-order valence-electron chi connectivity index (χ2n) is 6.77. The number of ketones is 1. The van der Waals surface area contributed by atoms with E-state index < -0.39 is 24.5 Å². The van der Waals surface area contributed by atoms with Crippen molar-refractivity contribution in [2.45, 2.75) is 31.2 Å². The number of carbonyl (C=O) groups is 1. The van der Waals surface area contributed by atoms with Gasteiger partial charge in [0.25, 0.3) is 6.02 Å². The molecule has 2 N–H and O–H groups in total. The van der Waals surface area contributed by atoms with E-state index in [1.54, 1.807) is 12.1 Å². The number of aliphatic imine (C=N–C) groups is 1. The van der Waals surface area contributed by atoms with Crippen LogP contribution in [-0.2, 0) is 16.7 Å². The number of carbonyl (C=O) groups excluding carboxylic acids is 1. The molecule has 1 aliphatic heterocycles. The normalized spacial score (nSPS) is 23.6. The Kier molecular flexibility index (Phi) is 5.80. The summed E-state index contributed by atoms with van der Waals surface area (Å²) in [6.07, 6.45) is -1.95. The number of Topliss-reactive ketones (excluding diaryl/α,β-unsaturated/α-hetero) is 1. The maximum Gasteiger partial charge on any atom is 0.283 e. The van der Waals surface area contributed by atoms with Crippen LogP contribution in [-0.4, -0.2) is 35.7 Å². The molecule has 0 saturated carbocycles. The Balaban J connectivity index is 1.92. The van der Waals surface area contributed by atoms with Gasteiger partial charge in [0.05, 0.1) is 5.56 Å². The first-order valence-electron chi connectivity index (χ1n) is 8.68. The number of nitriles is 1. The monoisotopic (exact) mass is 418 g/mol. The van der Waals surface area contributed by atoms with Crippen molar-refractivity contribution >= 4 is 23.4 Å². The number of rotatable bonds is 5. The molecule has 0 aliphatic carbocycles. The third kappa shape index (κ3) is 4.05. The molecule has 3 rings (SSSR count). The van der Waals surface area contributed by atoms with Crippen LogP contribution in [0.25, 0.3) is 0 Å². The van der Waals surface area contributed by atoms with Crippen molar-refractivity contribution in [3.63, 3.8) is 0 Å². The quantitative estimate of drug-likeness (QED) is 0.751. The van der Waals surface area contributed by atoms with E-state index in [4.69, 9.17) is 27.3 Å². The Hall–Kier alpha value is -3.05. The first-order valence-corrected chi connectivity index (χ1v) is 9.06. The molecule has 0 fully saturated rings. The number of hydrogen-bond acceptors (Lipinski definition) is 6. The Bertz CT molecular complexity index is 1010. The number of alkyl halides is 2. The van der Waals surface area contributed by atoms with Gasteiger partial charge in [0.2, 0.25) is 0 Å². The fourth-order valence-corrected chi connectivity index (χ4v) is 3.49. The number of amidine groups is 1. The van der Waals surface area contributed by atoms with Gasteiger partial charge in [-0.2, -0.15) is 5.26 Å². The van der Waals surface area contributed by atoms with E-state index in [0.717, 1.165) is 0 Å². The average Bonchev–Trinajstić information content (AvgIpc) is 2.72. The number of ether oxygens (including phenoxy) is 1. The van der Waals surface area contributed by atoms with Gasteiger partial charge in [-0.05, 0) is 30.7 Å². The van der Waals surface area contributed by atoms with Gasteiger partial charge in [-0.1, -0.05) is 23.7 Å². The van der Waals surface area contributed by atoms with E-state index in [2.05, 4.69) is 9.98 Å². The predicted molar refractivity (Wildman–Crippen MR) is 103 cm³/mol. The van der Waals surface area contributed by atoms with Crippen LogP contribution in [0.15, 0.2) is 41.5 Å². The van der Waals surface area contributed by atoms with Crippen LogP contribution in [0.4, 0.5) is 8.78 Å². The molecule has 0 spiro atoms. The smallest absolute Gasteiger partial charge is 0.283 e. The maximum atomic E-state index is 15.0. The van der Waals surface area contributed by atoms with E-state index in [0.29, 0.717) is 11.1 Å². The molecule has 2 aromatic rings. The van der Waals surface area contributed by atoms with Crippen molar-refractivity contribution < 1.29 is 18.3 Å². The molecular formula is C20H17ClF2N4O2. The highest BCUT2D eigenvalue weighted by Gasteiger charge is 2.47. The van der Waals surface area contributed by atoms with Crippen molar-refractivity contribution in [3.8, 4) is 6.07 Å². The number of nitrogens with zero attached hydrogens (tertiary/aromatic N) is 3. The molecule has 0 unspecified atom stereocenters. The van der Waals surface area contributed by atoms with Gasteiger partial charge in [0.1, 0.15) is 24.0 Å². The van der Waals surface area contributed by atoms with Gasteiger partial charge in [-0.15, -0.1) is 0 Å². The lowest BCUT2D eigenvalue weighted by Crippen LogP contribution is -2.50. The summed E-state index contributed by atoms with van der Waals surface area (Å²) in [7, 11) is 0. The van der Waals surface area contributed by atoms with Crippen molar-refractivity contribution in [1.82, 2.24) is 4.98 Å². The first kappa shape index (κ1) is 20.7. The topological polar surface area (TPSA) is 101 Å². The molecule has 150 valence electrons. The van der Waals surface area contributed by atoms with E-state index in [9.17, 15) is 13.6 Å². The molecule has 0 radical (unpaired) electrons. The standard InChI is InChI=1S/C20H17ClF2N4O2/c1-20(18(23)17(8-22)29-19(25)27-20)13-6-11(2-4-14(13)21)7-16(28)15-5-3-12(9-24)10-26-15/h2-6,10,17-18H,7-8H2,1H3,(H2,25,27)/t17-,18+,20-/m1/s1. The number of pyridine rings is 1. The molecule has 6 nitrogen and oxygen atoms in total. The number of nitrogens with two attached hydrogens (primary N) is 1. The van der Waals surface area contributed by atoms with Crippen LogP contribution < -0.4 is 5.73 Å². The lowest BCUT2D eigenvalue weighted by atomic mass is 9.83. The van der Waals surface area contributed by atoms with Gasteiger partial charge >= 0.3 is 0 Å². The number of benzene rings is 1. The zero-order valence-electron chi connectivity index (χ0n) is 15.4. The lowest BCUT2D eigenvalue weighted by Gasteiger charge is -2.38. The zero-order valence-corrected chi connectivity index (χ0v) is 16.2. The summed E-state index contributed by atoms with van der Waals surface area (Å²) in [5.41, 5.74) is 5.40. The van der Waals surface area contributed by atoms with Crippen molar-refractivity contribution in [3.05, 3.63) is 63.9 Å². The Labute approximate surface area is 171 Å². The van der Waals surface area contributed by atoms with E-state index in [1.807, 2.05) is 6.07 Å². The summed E-state index contributed by atoms with van der Waals surface area (Å²) >= 11 is 6.27. The van der Waals surface area contributed by atoms with E-state index in [-0.39, 0.29) is 34.5 Å². The minimum atomic E-state index is -1.83. The molecule has 0 amide bonds. The summed E-state index contributed by atoms with van der Waals surface area (Å²) in [6, 6.07) is 9.26. The van der Waals surface area contributed by atoms with Crippen LogP contribution in [0, 0.1) is 11.3 Å². The SMILES string of the molecule is C[C@]1(c2cc(CC(=O)c3ccc(C#N)cn3)ccc2Cl)N=C(N)O[C@H](CF)[C@@H]1F. The van der Waals surface area contributed by atoms with E-state index in [1.165, 1.54) is 31.3 Å². The van der Waals surface area contributed by atoms with Crippen molar-refractivity contribution in [2.75, 3.05) is 6.67 Å². The molecule has 1 aromatic heterocycles. The second-order valence-corrected chi connectivity index (χ2v) is 7.18. The van der Waals surface area contributed by atoms with Crippen LogP contribution >= 0.6 is 11.6 Å². The van der Waals surface area contributed by atoms with Gasteiger partial charge < -0.3 is 10.5 Å². The second kappa shape index (κ2) is 8.13. The minimum Gasteiger partial charge on any atom is -0.456 e. The molecule has 0 saturated heterocycles. The average molecular weight is 419 g/mol. The molecule has 0 bridgehead atoms. The molecule has 29 heavy (non-hydrogen) atoms. The lowest BCUT2D eigenvalue weighted by molar-refractivity contribution is 0.00554. The van der Waals surface area contributed by atoms with Gasteiger partial charge in [0, 0.05) is 23.2 Å². The third-order valence-corrected chi connectivity index (χ3v) is 5.08. The number of halogens is 3. The molecule has 2 heterocycles. The third-order valence-electron chi connectivity index (χ3n) is 4.75. The molecule has 1 aromatic carbocycles. The van der Waals surface area contributed by atoms with Crippen LogP contribution in [0.1, 0.15) is 34.1 Å². The Morgan fingerprint density at radius 2 is 2.17 bits per heavy atom. The highest BCUT2D eigenvalue weighted by atomic mass is 35.5. The summed E-state index contributed by atoms with van der Waals surface area (Å²) in [5, 5.41) is 9.02. The van der Waals surface area contributed by atoms with Crippen LogP contribution in [0.3, 0.4) is 0 Å². The molecule has 9 heteroatoms. The summed E-state index contributed by atoms with van der Waals surface area (Å²) in [4.78, 5) is 20.5. The number of aromatic nitrogens is 1. The molecule has 3 atom stereocenters. The zero-order chi connectivity index (χ0) is 21.2. The molecular weight excluding hydrogens is 402 g/mol. The summed E-state index contributed by atoms with van der Waals surface area (Å²) in [6.45, 7) is 0.373. The van der Waals surface area contributed by atoms with Crippen molar-refractivity contribution in [1.29, 1.82) is 5.26 Å². The van der Waals surface area contributed by atoms with Crippen LogP contribution in [0.5, 0.6) is 0 Å². The first-order chi connectivity index (χ1) is 13.8. The van der Waals surface area contributed by atoms with Gasteiger partial charge in [-0.25, -0.2) is 13.8 Å². The Morgan fingerprint density at radius 3 is 2.79 bits per heavy atom. The highest BCUT2D eigenvalue weighted by Crippen LogP contribution is 2.40. The fourth-order valence-electron chi connectivity index (χ4n) is 3.18. The fraction of sp³-hybridized carbons (Fsp3) is 0.300. The maximum absolute atomic E-state index is 15.0. The molecule has 1 aliphatic rings. The largest absolute Gasteiger partial charge is 0.456 e. The van der Waals surface area contributed by atoms with Gasteiger partial charge in [-0.3, -0.25) is 9.78 Å². The van der Waals surface area contributed by atoms with Crippen LogP contribution in [0.2, 0.25) is 5.02 Å². The highest BCUT2D eigenvalue weighted by molar-refractivity contribution is 6.31. The number of hydrogen-bond donors (Lipinski definition) is 1. The van der Waals surface area contributed by atoms with Crippen molar-refractivity contribution in [2.24, 2.45) is 10.7 Å². The summed E-state index contributed by atoms with van der Waals surface area (Å²) < 4.78 is 33.1. The summed E-state index contributed by atoms with van der Waals surface area (Å²) in [5.74, 6) is -0.290.